The van der Waals surface area contributed by atoms with Gasteiger partial charge in [0, 0.05) is 6.61 Å². The molecule has 2 heterocycles. The fourth-order valence-corrected chi connectivity index (χ4v) is 2.62. The van der Waals surface area contributed by atoms with E-state index < -0.39 is 12.6 Å². The molecule has 0 radical (unpaired) electrons. The summed E-state index contributed by atoms with van der Waals surface area (Å²) in [7, 11) is 0. The molecule has 6 nitrogen and oxygen atoms in total. The van der Waals surface area contributed by atoms with Crippen molar-refractivity contribution in [2.24, 2.45) is 5.92 Å². The normalized spacial score (nSPS) is 30.8. The maximum atomic E-state index is 11.6. The lowest BCUT2D eigenvalue weighted by Gasteiger charge is -2.28. The Kier molecular flexibility index (Phi) is 4.54. The van der Waals surface area contributed by atoms with Crippen molar-refractivity contribution < 1.29 is 24.2 Å². The van der Waals surface area contributed by atoms with Crippen molar-refractivity contribution >= 4 is 11.9 Å². The molecule has 2 bridgehead atoms. The molecule has 3 aliphatic rings. The Labute approximate surface area is 106 Å². The number of hydrogen-bond acceptors (Lipinski definition) is 4. The van der Waals surface area contributed by atoms with Crippen molar-refractivity contribution in [2.45, 2.75) is 37.8 Å². The van der Waals surface area contributed by atoms with Crippen LogP contribution in [0.15, 0.2) is 0 Å². The van der Waals surface area contributed by atoms with Gasteiger partial charge >= 0.3 is 5.97 Å². The van der Waals surface area contributed by atoms with Gasteiger partial charge in [-0.25, -0.2) is 4.79 Å². The minimum absolute atomic E-state index is 0.0402. The summed E-state index contributed by atoms with van der Waals surface area (Å²) in [6, 6.07) is 0.0402. The molecule has 2 saturated heterocycles. The standard InChI is InChI=1S/C12H19NO5/c14-11(6-17-7-12(15)16)13-9-3-1-8-2-4-10(9)18-5-8/h8-10H,1-7H2,(H,13,14)(H,15,16). The zero-order valence-corrected chi connectivity index (χ0v) is 10.3. The van der Waals surface area contributed by atoms with Gasteiger partial charge in [-0.15, -0.1) is 0 Å². The summed E-state index contributed by atoms with van der Waals surface area (Å²) in [5.74, 6) is -0.708. The second-order valence-corrected chi connectivity index (χ2v) is 4.95. The van der Waals surface area contributed by atoms with Crippen LogP contribution in [0.4, 0.5) is 0 Å². The van der Waals surface area contributed by atoms with Crippen LogP contribution in [0, 0.1) is 5.92 Å². The van der Waals surface area contributed by atoms with E-state index in [2.05, 4.69) is 5.32 Å². The van der Waals surface area contributed by atoms with E-state index in [-0.39, 0.29) is 24.7 Å². The van der Waals surface area contributed by atoms with E-state index in [4.69, 9.17) is 14.6 Å². The zero-order valence-electron chi connectivity index (χ0n) is 10.3. The maximum absolute atomic E-state index is 11.6. The smallest absolute Gasteiger partial charge is 0.329 e. The van der Waals surface area contributed by atoms with E-state index >= 15 is 0 Å². The highest BCUT2D eigenvalue weighted by Crippen LogP contribution is 2.31. The Morgan fingerprint density at radius 2 is 2.00 bits per heavy atom. The molecule has 0 aromatic carbocycles. The minimum atomic E-state index is -1.07. The number of carbonyl (C=O) groups excluding carboxylic acids is 1. The molecular weight excluding hydrogens is 238 g/mol. The summed E-state index contributed by atoms with van der Waals surface area (Å²) >= 11 is 0. The number of ether oxygens (including phenoxy) is 2. The van der Waals surface area contributed by atoms with Gasteiger partial charge in [-0.05, 0) is 31.6 Å². The fourth-order valence-electron chi connectivity index (χ4n) is 2.62. The van der Waals surface area contributed by atoms with Crippen LogP contribution in [-0.2, 0) is 19.1 Å². The van der Waals surface area contributed by atoms with Gasteiger partial charge in [-0.1, -0.05) is 0 Å². The predicted octanol–water partition coefficient (Wildman–Crippen LogP) is 0.161. The first-order valence-electron chi connectivity index (χ1n) is 6.35. The molecule has 3 rings (SSSR count). The molecule has 3 atom stereocenters. The Bertz CT molecular complexity index is 312. The highest BCUT2D eigenvalue weighted by atomic mass is 16.5. The Morgan fingerprint density at radius 3 is 2.67 bits per heavy atom. The van der Waals surface area contributed by atoms with Crippen molar-refractivity contribution in [1.29, 1.82) is 0 Å². The number of carboxylic acid groups (broad SMARTS) is 1. The van der Waals surface area contributed by atoms with Crippen LogP contribution in [0.25, 0.3) is 0 Å². The van der Waals surface area contributed by atoms with Gasteiger partial charge in [0.05, 0.1) is 12.1 Å². The third-order valence-electron chi connectivity index (χ3n) is 3.55. The van der Waals surface area contributed by atoms with Gasteiger partial charge in [-0.2, -0.15) is 0 Å². The summed E-state index contributed by atoms with van der Waals surface area (Å²) in [6.45, 7) is 0.144. The second kappa shape index (κ2) is 6.15. The predicted molar refractivity (Wildman–Crippen MR) is 62.1 cm³/mol. The zero-order chi connectivity index (χ0) is 13.0. The first kappa shape index (κ1) is 13.3. The van der Waals surface area contributed by atoms with E-state index in [1.54, 1.807) is 0 Å². The quantitative estimate of drug-likeness (QED) is 0.733. The lowest BCUT2D eigenvalue weighted by molar-refractivity contribution is -0.143. The first-order valence-corrected chi connectivity index (χ1v) is 6.35. The summed E-state index contributed by atoms with van der Waals surface area (Å²) < 4.78 is 10.5. The van der Waals surface area contributed by atoms with Crippen LogP contribution >= 0.6 is 0 Å². The lowest BCUT2D eigenvalue weighted by atomic mass is 10.00. The molecule has 0 spiro atoms. The Balaban J connectivity index is 1.74. The second-order valence-electron chi connectivity index (χ2n) is 4.95. The van der Waals surface area contributed by atoms with Crippen LogP contribution in [0.5, 0.6) is 0 Å². The van der Waals surface area contributed by atoms with Gasteiger partial charge < -0.3 is 19.9 Å². The molecular formula is C12H19NO5. The largest absolute Gasteiger partial charge is 0.480 e. The Morgan fingerprint density at radius 1 is 1.22 bits per heavy atom. The van der Waals surface area contributed by atoms with Gasteiger partial charge in [0.15, 0.2) is 0 Å². The van der Waals surface area contributed by atoms with Crippen molar-refractivity contribution in [3.05, 3.63) is 0 Å². The summed E-state index contributed by atoms with van der Waals surface area (Å²) in [4.78, 5) is 21.8. The fraction of sp³-hybridized carbons (Fsp3) is 0.833. The molecule has 3 unspecified atom stereocenters. The highest BCUT2D eigenvalue weighted by molar-refractivity contribution is 5.78. The third-order valence-corrected chi connectivity index (χ3v) is 3.55. The average Bonchev–Trinajstić information content (AvgIpc) is 2.63. The van der Waals surface area contributed by atoms with Crippen molar-refractivity contribution in [3.8, 4) is 0 Å². The SMILES string of the molecule is O=C(O)COCC(=O)NC1CCC2CCC1OC2. The van der Waals surface area contributed by atoms with E-state index in [0.717, 1.165) is 25.9 Å². The molecule has 1 saturated carbocycles. The maximum Gasteiger partial charge on any atom is 0.329 e. The van der Waals surface area contributed by atoms with Crippen LogP contribution in [0.1, 0.15) is 25.7 Å². The number of amides is 1. The third kappa shape index (κ3) is 3.68. The van der Waals surface area contributed by atoms with Crippen molar-refractivity contribution in [2.75, 3.05) is 19.8 Å². The monoisotopic (exact) mass is 257 g/mol. The number of carbonyl (C=O) groups is 2. The van der Waals surface area contributed by atoms with E-state index in [1.807, 2.05) is 0 Å². The lowest BCUT2D eigenvalue weighted by Crippen LogP contribution is -2.45. The van der Waals surface area contributed by atoms with Crippen LogP contribution in [0.2, 0.25) is 0 Å². The summed E-state index contributed by atoms with van der Waals surface area (Å²) in [6.07, 6.45) is 4.28. The van der Waals surface area contributed by atoms with E-state index in [0.29, 0.717) is 5.92 Å². The number of rotatable bonds is 5. The average molecular weight is 257 g/mol. The molecule has 18 heavy (non-hydrogen) atoms. The molecule has 0 aromatic rings. The van der Waals surface area contributed by atoms with Crippen LogP contribution in [-0.4, -0.2) is 48.9 Å². The van der Waals surface area contributed by atoms with Crippen LogP contribution in [0.3, 0.4) is 0 Å². The molecule has 0 aromatic heterocycles. The van der Waals surface area contributed by atoms with Crippen molar-refractivity contribution in [1.82, 2.24) is 5.32 Å². The summed E-state index contributed by atoms with van der Waals surface area (Å²) in [5, 5.41) is 11.3. The molecule has 102 valence electrons. The number of carboxylic acids is 1. The van der Waals surface area contributed by atoms with Gasteiger partial charge in [0.2, 0.25) is 5.91 Å². The molecule has 1 aliphatic carbocycles. The molecule has 6 heteroatoms. The first-order chi connectivity index (χ1) is 8.65. The number of hydrogen-bond donors (Lipinski definition) is 2. The van der Waals surface area contributed by atoms with E-state index in [9.17, 15) is 9.59 Å². The van der Waals surface area contributed by atoms with Crippen molar-refractivity contribution in [3.63, 3.8) is 0 Å². The number of fused-ring (bicyclic) bond motifs is 4. The van der Waals surface area contributed by atoms with Gasteiger partial charge in [0.1, 0.15) is 13.2 Å². The number of nitrogens with one attached hydrogen (secondary N) is 1. The van der Waals surface area contributed by atoms with E-state index in [1.165, 1.54) is 6.42 Å². The van der Waals surface area contributed by atoms with Gasteiger partial charge in [0.25, 0.3) is 0 Å². The molecule has 1 amide bonds. The topological polar surface area (TPSA) is 84.9 Å². The Hall–Kier alpha value is -1.14. The highest BCUT2D eigenvalue weighted by Gasteiger charge is 2.33. The molecule has 2 aliphatic heterocycles. The molecule has 3 fully saturated rings. The molecule has 2 N–H and O–H groups in total. The minimum Gasteiger partial charge on any atom is -0.480 e. The number of aliphatic carboxylic acids is 1. The van der Waals surface area contributed by atoms with Gasteiger partial charge in [-0.3, -0.25) is 4.79 Å². The summed E-state index contributed by atoms with van der Waals surface area (Å²) in [5.41, 5.74) is 0. The van der Waals surface area contributed by atoms with Crippen LogP contribution < -0.4 is 5.32 Å².